The molecule has 0 bridgehead atoms. The van der Waals surface area contributed by atoms with Gasteiger partial charge in [0.1, 0.15) is 11.3 Å². The SMILES string of the molecule is CC(C)(C)OC(=O)N1CCN(c2ccc(-c3nc(-c4ccc(C(F)(F)F)cc4)no3)cc2[N+](=O)[O-])CC1. The van der Waals surface area contributed by atoms with Crippen LogP contribution in [0.2, 0.25) is 0 Å². The third kappa shape index (κ3) is 5.98. The van der Waals surface area contributed by atoms with E-state index in [1.165, 1.54) is 18.2 Å². The highest BCUT2D eigenvalue weighted by molar-refractivity contribution is 5.73. The van der Waals surface area contributed by atoms with E-state index >= 15 is 0 Å². The van der Waals surface area contributed by atoms with Crippen molar-refractivity contribution in [3.05, 3.63) is 58.1 Å². The van der Waals surface area contributed by atoms with Crippen molar-refractivity contribution in [2.45, 2.75) is 32.5 Å². The Morgan fingerprint density at radius 1 is 1.03 bits per heavy atom. The number of hydrogen-bond donors (Lipinski definition) is 0. The van der Waals surface area contributed by atoms with Gasteiger partial charge in [-0.2, -0.15) is 18.2 Å². The van der Waals surface area contributed by atoms with Crippen LogP contribution in [0.1, 0.15) is 26.3 Å². The average Bonchev–Trinajstić information content (AvgIpc) is 3.33. The highest BCUT2D eigenvalue weighted by atomic mass is 19.4. The maximum atomic E-state index is 12.8. The lowest BCUT2D eigenvalue weighted by Crippen LogP contribution is -2.50. The van der Waals surface area contributed by atoms with E-state index in [2.05, 4.69) is 10.1 Å². The van der Waals surface area contributed by atoms with Gasteiger partial charge in [0.2, 0.25) is 5.82 Å². The van der Waals surface area contributed by atoms with Crippen LogP contribution in [0.3, 0.4) is 0 Å². The molecule has 10 nitrogen and oxygen atoms in total. The Labute approximate surface area is 209 Å². The molecule has 0 saturated carbocycles. The molecule has 3 aromatic rings. The van der Waals surface area contributed by atoms with Gasteiger partial charge < -0.3 is 19.1 Å². The third-order valence-corrected chi connectivity index (χ3v) is 5.59. The van der Waals surface area contributed by atoms with Crippen molar-refractivity contribution in [3.63, 3.8) is 0 Å². The topological polar surface area (TPSA) is 115 Å². The van der Waals surface area contributed by atoms with E-state index in [9.17, 15) is 28.1 Å². The van der Waals surface area contributed by atoms with Gasteiger partial charge in [-0.3, -0.25) is 10.1 Å². The molecule has 1 aliphatic rings. The van der Waals surface area contributed by atoms with Gasteiger partial charge in [0.15, 0.2) is 0 Å². The Kier molecular flexibility index (Phi) is 6.80. The van der Waals surface area contributed by atoms with Crippen LogP contribution >= 0.6 is 0 Å². The van der Waals surface area contributed by atoms with Gasteiger partial charge in [0.05, 0.1) is 10.5 Å². The lowest BCUT2D eigenvalue weighted by atomic mass is 10.1. The van der Waals surface area contributed by atoms with Crippen molar-refractivity contribution < 1.29 is 32.1 Å². The Morgan fingerprint density at radius 2 is 1.65 bits per heavy atom. The lowest BCUT2D eigenvalue weighted by Gasteiger charge is -2.36. The van der Waals surface area contributed by atoms with Crippen LogP contribution in [0.5, 0.6) is 0 Å². The number of piperazine rings is 1. The molecule has 1 saturated heterocycles. The zero-order chi connectivity index (χ0) is 27.0. The summed E-state index contributed by atoms with van der Waals surface area (Å²) in [6, 6.07) is 8.73. The minimum absolute atomic E-state index is 0.0145. The van der Waals surface area contributed by atoms with Crippen molar-refractivity contribution in [2.75, 3.05) is 31.1 Å². The van der Waals surface area contributed by atoms with E-state index < -0.39 is 28.4 Å². The summed E-state index contributed by atoms with van der Waals surface area (Å²) in [6.45, 7) is 6.77. The molecular weight excluding hydrogens is 495 g/mol. The first kappa shape index (κ1) is 25.9. The second-order valence-corrected chi connectivity index (χ2v) is 9.41. The average molecular weight is 519 g/mol. The smallest absolute Gasteiger partial charge is 0.416 e. The van der Waals surface area contributed by atoms with Crippen LogP contribution in [-0.4, -0.2) is 57.8 Å². The van der Waals surface area contributed by atoms with Crippen LogP contribution in [0, 0.1) is 10.1 Å². The van der Waals surface area contributed by atoms with Crippen molar-refractivity contribution in [1.82, 2.24) is 15.0 Å². The number of nitro groups is 1. The zero-order valence-electron chi connectivity index (χ0n) is 20.3. The van der Waals surface area contributed by atoms with E-state index in [0.29, 0.717) is 37.4 Å². The molecule has 1 aromatic heterocycles. The monoisotopic (exact) mass is 519 g/mol. The molecule has 2 aromatic carbocycles. The second kappa shape index (κ2) is 9.71. The number of ether oxygens (including phenoxy) is 1. The molecule has 1 fully saturated rings. The molecule has 0 spiro atoms. The fraction of sp³-hybridized carbons (Fsp3) is 0.375. The van der Waals surface area contributed by atoms with Crippen molar-refractivity contribution >= 4 is 17.5 Å². The van der Waals surface area contributed by atoms with Crippen LogP contribution in [-0.2, 0) is 10.9 Å². The zero-order valence-corrected chi connectivity index (χ0v) is 20.3. The number of carbonyl (C=O) groups excluding carboxylic acids is 1. The summed E-state index contributed by atoms with van der Waals surface area (Å²) in [4.78, 5) is 31.2. The summed E-state index contributed by atoms with van der Waals surface area (Å²) in [5.41, 5.74) is -0.648. The highest BCUT2D eigenvalue weighted by Gasteiger charge is 2.31. The van der Waals surface area contributed by atoms with Crippen molar-refractivity contribution in [3.8, 4) is 22.8 Å². The molecule has 0 radical (unpaired) electrons. The second-order valence-electron chi connectivity index (χ2n) is 9.41. The number of alkyl halides is 3. The van der Waals surface area contributed by atoms with E-state index in [0.717, 1.165) is 12.1 Å². The van der Waals surface area contributed by atoms with Crippen LogP contribution in [0.15, 0.2) is 47.0 Å². The Hall–Kier alpha value is -4.16. The molecule has 37 heavy (non-hydrogen) atoms. The number of amides is 1. The van der Waals surface area contributed by atoms with Gasteiger partial charge in [-0.1, -0.05) is 17.3 Å². The molecule has 2 heterocycles. The molecule has 0 aliphatic carbocycles. The number of rotatable bonds is 4. The summed E-state index contributed by atoms with van der Waals surface area (Å²) in [6.07, 6.45) is -4.90. The molecule has 1 aliphatic heterocycles. The summed E-state index contributed by atoms with van der Waals surface area (Å²) in [7, 11) is 0. The van der Waals surface area contributed by atoms with Crippen molar-refractivity contribution in [1.29, 1.82) is 0 Å². The predicted octanol–water partition coefficient (Wildman–Crippen LogP) is 5.39. The number of nitro benzene ring substituents is 1. The summed E-state index contributed by atoms with van der Waals surface area (Å²) < 4.78 is 49.0. The molecule has 1 amide bonds. The van der Waals surface area contributed by atoms with Gasteiger partial charge in [0, 0.05) is 43.4 Å². The van der Waals surface area contributed by atoms with E-state index in [4.69, 9.17) is 9.26 Å². The van der Waals surface area contributed by atoms with Gasteiger partial charge >= 0.3 is 12.3 Å². The summed E-state index contributed by atoms with van der Waals surface area (Å²) >= 11 is 0. The molecule has 0 atom stereocenters. The van der Waals surface area contributed by atoms with Gasteiger partial charge in [0.25, 0.3) is 11.6 Å². The first-order valence-corrected chi connectivity index (χ1v) is 11.3. The van der Waals surface area contributed by atoms with E-state index in [1.54, 1.807) is 37.8 Å². The van der Waals surface area contributed by atoms with Crippen molar-refractivity contribution in [2.24, 2.45) is 0 Å². The Bertz CT molecular complexity index is 1290. The number of aromatic nitrogens is 2. The summed E-state index contributed by atoms with van der Waals surface area (Å²) in [5, 5.41) is 15.6. The lowest BCUT2D eigenvalue weighted by molar-refractivity contribution is -0.384. The van der Waals surface area contributed by atoms with Gasteiger partial charge in [-0.15, -0.1) is 0 Å². The standard InChI is InChI=1S/C24H24F3N5O5/c1-23(2,3)36-22(33)31-12-10-30(11-13-31)18-9-6-16(14-19(18)32(34)35)21-28-20(29-37-21)15-4-7-17(8-5-15)24(25,26)27/h4-9,14H,10-13H2,1-3H3. The van der Waals surface area contributed by atoms with Crippen LogP contribution in [0.4, 0.5) is 29.3 Å². The number of anilines is 1. The van der Waals surface area contributed by atoms with Crippen LogP contribution < -0.4 is 4.90 Å². The molecule has 0 unspecified atom stereocenters. The number of carbonyl (C=O) groups is 1. The maximum Gasteiger partial charge on any atom is 0.416 e. The quantitative estimate of drug-likeness (QED) is 0.333. The fourth-order valence-electron chi connectivity index (χ4n) is 3.79. The predicted molar refractivity (Wildman–Crippen MR) is 127 cm³/mol. The summed E-state index contributed by atoms with van der Waals surface area (Å²) in [5.74, 6) is 0.0352. The van der Waals surface area contributed by atoms with E-state index in [-0.39, 0.29) is 23.0 Å². The molecular formula is C24H24F3N5O5. The Morgan fingerprint density at radius 3 is 2.22 bits per heavy atom. The minimum atomic E-state index is -4.47. The number of nitrogens with zero attached hydrogens (tertiary/aromatic N) is 5. The molecule has 13 heteroatoms. The van der Waals surface area contributed by atoms with E-state index in [1.807, 2.05) is 4.90 Å². The first-order chi connectivity index (χ1) is 17.3. The largest absolute Gasteiger partial charge is 0.444 e. The fourth-order valence-corrected chi connectivity index (χ4v) is 3.79. The maximum absolute atomic E-state index is 12.8. The molecule has 4 rings (SSSR count). The molecule has 196 valence electrons. The number of benzene rings is 2. The first-order valence-electron chi connectivity index (χ1n) is 11.3. The minimum Gasteiger partial charge on any atom is -0.444 e. The van der Waals surface area contributed by atoms with Crippen LogP contribution in [0.25, 0.3) is 22.8 Å². The normalized spacial score (nSPS) is 14.5. The third-order valence-electron chi connectivity index (χ3n) is 5.59. The van der Waals surface area contributed by atoms with Gasteiger partial charge in [-0.25, -0.2) is 4.79 Å². The van der Waals surface area contributed by atoms with Gasteiger partial charge in [-0.05, 0) is 45.0 Å². The number of halogens is 3. The molecule has 0 N–H and O–H groups in total. The Balaban J connectivity index is 1.51. The number of hydrogen-bond acceptors (Lipinski definition) is 8. The highest BCUT2D eigenvalue weighted by Crippen LogP contribution is 2.35.